The molecule has 0 aliphatic carbocycles. The first kappa shape index (κ1) is 24.2. The molecule has 2 aromatic carbocycles. The smallest absolute Gasteiger partial charge is 0.337 e. The maximum Gasteiger partial charge on any atom is 0.337 e. The fourth-order valence-electron chi connectivity index (χ4n) is 4.03. The van der Waals surface area contributed by atoms with E-state index in [0.717, 1.165) is 27.0 Å². The maximum atomic E-state index is 13.6. The Balaban J connectivity index is 1.94. The van der Waals surface area contributed by atoms with E-state index >= 15 is 0 Å². The number of aromatic nitrogens is 2. The molecule has 0 unspecified atom stereocenters. The number of carbonyl (C=O) groups excluding carboxylic acids is 2. The molecule has 0 bridgehead atoms. The molecule has 2 heterocycles. The third-order valence-corrected chi connectivity index (χ3v) is 7.18. The molecule has 4 rings (SSSR count). The molecule has 2 aromatic heterocycles. The highest BCUT2D eigenvalue weighted by Crippen LogP contribution is 2.29. The molecule has 1 N–H and O–H groups in total. The molecule has 0 atom stereocenters. The first-order valence-corrected chi connectivity index (χ1v) is 11.9. The van der Waals surface area contributed by atoms with Gasteiger partial charge >= 0.3 is 5.69 Å². The summed E-state index contributed by atoms with van der Waals surface area (Å²) in [5.74, 6) is -0.677. The van der Waals surface area contributed by atoms with Crippen LogP contribution in [-0.2, 0) is 11.3 Å². The molecule has 0 fully saturated rings. The minimum absolute atomic E-state index is 0.253. The van der Waals surface area contributed by atoms with Crippen LogP contribution in [0.3, 0.4) is 0 Å². The van der Waals surface area contributed by atoms with E-state index < -0.39 is 17.2 Å². The Bertz CT molecular complexity index is 1560. The fraction of sp³-hybridized carbons (Fsp3) is 0.231. The van der Waals surface area contributed by atoms with Gasteiger partial charge in [0.1, 0.15) is 11.4 Å². The lowest BCUT2D eigenvalue weighted by Gasteiger charge is -2.14. The summed E-state index contributed by atoms with van der Waals surface area (Å²) in [6.45, 7) is 5.17. The Labute approximate surface area is 206 Å². The second kappa shape index (κ2) is 9.34. The van der Waals surface area contributed by atoms with Crippen LogP contribution in [0.1, 0.15) is 26.4 Å². The standard InChI is InChI=1S/C26H26N4O4S/c1-15-10-9-11-16(2)21(15)27-19(31)14-29-25-20(17(3)22(35-25)24(33)28(4)5)23(32)30(26(29)34)18-12-7-6-8-13-18/h6-13H,14H2,1-5H3,(H,27,31). The van der Waals surface area contributed by atoms with Crippen molar-refractivity contribution in [2.45, 2.75) is 27.3 Å². The lowest BCUT2D eigenvalue weighted by atomic mass is 10.1. The average Bonchev–Trinajstić information content (AvgIpc) is 3.16. The Morgan fingerprint density at radius 2 is 1.57 bits per heavy atom. The van der Waals surface area contributed by atoms with E-state index in [2.05, 4.69) is 5.32 Å². The van der Waals surface area contributed by atoms with E-state index in [-0.39, 0.29) is 17.8 Å². The quantitative estimate of drug-likeness (QED) is 0.464. The number of hydrogen-bond donors (Lipinski definition) is 1. The van der Waals surface area contributed by atoms with Gasteiger partial charge in [0.05, 0.1) is 16.0 Å². The van der Waals surface area contributed by atoms with Gasteiger partial charge in [0.25, 0.3) is 11.5 Å². The SMILES string of the molecule is Cc1cccc(C)c1NC(=O)Cn1c(=O)n(-c2ccccc2)c(=O)c2c(C)c(C(=O)N(C)C)sc21. The van der Waals surface area contributed by atoms with Crippen LogP contribution in [0.15, 0.2) is 58.1 Å². The van der Waals surface area contributed by atoms with Crippen LogP contribution in [0, 0.1) is 20.8 Å². The molecular formula is C26H26N4O4S. The van der Waals surface area contributed by atoms with Crippen LogP contribution in [0.4, 0.5) is 5.69 Å². The summed E-state index contributed by atoms with van der Waals surface area (Å²) < 4.78 is 2.33. The van der Waals surface area contributed by atoms with E-state index in [0.29, 0.717) is 26.6 Å². The molecular weight excluding hydrogens is 464 g/mol. The van der Waals surface area contributed by atoms with Gasteiger partial charge in [-0.25, -0.2) is 9.36 Å². The highest BCUT2D eigenvalue weighted by molar-refractivity contribution is 7.20. The summed E-state index contributed by atoms with van der Waals surface area (Å²) in [4.78, 5) is 55.1. The van der Waals surface area contributed by atoms with Crippen molar-refractivity contribution in [1.29, 1.82) is 0 Å². The minimum Gasteiger partial charge on any atom is -0.344 e. The summed E-state index contributed by atoms with van der Waals surface area (Å²) in [6, 6.07) is 14.2. The van der Waals surface area contributed by atoms with Gasteiger partial charge in [-0.1, -0.05) is 36.4 Å². The molecule has 4 aromatic rings. The summed E-state index contributed by atoms with van der Waals surface area (Å²) in [7, 11) is 3.25. The van der Waals surface area contributed by atoms with Gasteiger partial charge in [-0.15, -0.1) is 11.3 Å². The molecule has 35 heavy (non-hydrogen) atoms. The van der Waals surface area contributed by atoms with E-state index in [9.17, 15) is 19.2 Å². The summed E-state index contributed by atoms with van der Waals surface area (Å²) in [5.41, 5.74) is 2.20. The number of thiophene rings is 1. The summed E-state index contributed by atoms with van der Waals surface area (Å²) in [6.07, 6.45) is 0. The monoisotopic (exact) mass is 490 g/mol. The van der Waals surface area contributed by atoms with Gasteiger partial charge in [0.15, 0.2) is 0 Å². The topological polar surface area (TPSA) is 93.4 Å². The van der Waals surface area contributed by atoms with Crippen molar-refractivity contribution in [1.82, 2.24) is 14.0 Å². The third kappa shape index (κ3) is 4.30. The number of fused-ring (bicyclic) bond motifs is 1. The normalized spacial score (nSPS) is 11.0. The average molecular weight is 491 g/mol. The zero-order chi connectivity index (χ0) is 25.4. The van der Waals surface area contributed by atoms with Gasteiger partial charge in [-0.2, -0.15) is 0 Å². The molecule has 0 aliphatic heterocycles. The van der Waals surface area contributed by atoms with Gasteiger partial charge < -0.3 is 10.2 Å². The Morgan fingerprint density at radius 1 is 0.943 bits per heavy atom. The molecule has 9 heteroatoms. The van der Waals surface area contributed by atoms with E-state index in [1.165, 1.54) is 9.47 Å². The van der Waals surface area contributed by atoms with Crippen molar-refractivity contribution in [3.05, 3.63) is 90.9 Å². The van der Waals surface area contributed by atoms with E-state index in [1.54, 1.807) is 51.4 Å². The minimum atomic E-state index is -0.643. The van der Waals surface area contributed by atoms with Gasteiger partial charge in [0, 0.05) is 19.8 Å². The first-order chi connectivity index (χ1) is 16.6. The lowest BCUT2D eigenvalue weighted by Crippen LogP contribution is -2.40. The highest BCUT2D eigenvalue weighted by Gasteiger charge is 2.25. The first-order valence-electron chi connectivity index (χ1n) is 11.0. The third-order valence-electron chi connectivity index (χ3n) is 5.87. The fourth-order valence-corrected chi connectivity index (χ4v) is 5.35. The molecule has 0 radical (unpaired) electrons. The largest absolute Gasteiger partial charge is 0.344 e. The molecule has 0 spiro atoms. The second-order valence-corrected chi connectivity index (χ2v) is 9.59. The van der Waals surface area contributed by atoms with Gasteiger partial charge in [0.2, 0.25) is 5.91 Å². The number of nitrogens with zero attached hydrogens (tertiary/aromatic N) is 3. The molecule has 0 saturated heterocycles. The second-order valence-electron chi connectivity index (χ2n) is 8.60. The van der Waals surface area contributed by atoms with Crippen molar-refractivity contribution in [3.63, 3.8) is 0 Å². The number of para-hydroxylation sites is 2. The number of carbonyl (C=O) groups is 2. The molecule has 8 nitrogen and oxygen atoms in total. The van der Waals surface area contributed by atoms with Crippen LogP contribution < -0.4 is 16.6 Å². The van der Waals surface area contributed by atoms with Crippen molar-refractivity contribution in [2.24, 2.45) is 0 Å². The number of benzene rings is 2. The molecule has 2 amide bonds. The van der Waals surface area contributed by atoms with Crippen molar-refractivity contribution >= 4 is 39.1 Å². The van der Waals surface area contributed by atoms with Crippen LogP contribution in [0.25, 0.3) is 15.9 Å². The van der Waals surface area contributed by atoms with Crippen LogP contribution in [0.2, 0.25) is 0 Å². The van der Waals surface area contributed by atoms with E-state index in [1.807, 2.05) is 32.0 Å². The van der Waals surface area contributed by atoms with E-state index in [4.69, 9.17) is 0 Å². The predicted octanol–water partition coefficient (Wildman–Crippen LogP) is 3.48. The molecule has 0 aliphatic rings. The molecule has 180 valence electrons. The zero-order valence-electron chi connectivity index (χ0n) is 20.2. The van der Waals surface area contributed by atoms with Crippen LogP contribution >= 0.6 is 11.3 Å². The number of hydrogen-bond acceptors (Lipinski definition) is 5. The zero-order valence-corrected chi connectivity index (χ0v) is 21.0. The van der Waals surface area contributed by atoms with Gasteiger partial charge in [-0.3, -0.25) is 19.0 Å². The highest BCUT2D eigenvalue weighted by atomic mass is 32.1. The van der Waals surface area contributed by atoms with Crippen molar-refractivity contribution in [3.8, 4) is 5.69 Å². The predicted molar refractivity (Wildman–Crippen MR) is 139 cm³/mol. The van der Waals surface area contributed by atoms with Crippen molar-refractivity contribution < 1.29 is 9.59 Å². The summed E-state index contributed by atoms with van der Waals surface area (Å²) >= 11 is 1.05. The number of rotatable bonds is 5. The van der Waals surface area contributed by atoms with Gasteiger partial charge in [-0.05, 0) is 49.6 Å². The maximum absolute atomic E-state index is 13.6. The number of nitrogens with one attached hydrogen (secondary N) is 1. The Kier molecular flexibility index (Phi) is 6.45. The number of anilines is 1. The number of aryl methyl sites for hydroxylation is 3. The Morgan fingerprint density at radius 3 is 2.17 bits per heavy atom. The lowest BCUT2D eigenvalue weighted by molar-refractivity contribution is -0.116. The van der Waals surface area contributed by atoms with Crippen LogP contribution in [-0.4, -0.2) is 39.9 Å². The Hall–Kier alpha value is -3.98. The van der Waals surface area contributed by atoms with Crippen molar-refractivity contribution in [2.75, 3.05) is 19.4 Å². The molecule has 0 saturated carbocycles. The van der Waals surface area contributed by atoms with Crippen LogP contribution in [0.5, 0.6) is 0 Å². The number of amides is 2. The summed E-state index contributed by atoms with van der Waals surface area (Å²) in [5, 5.41) is 3.15.